The van der Waals surface area contributed by atoms with E-state index in [-0.39, 0.29) is 36.1 Å². The Morgan fingerprint density at radius 2 is 2.00 bits per heavy atom. The number of halogens is 2. The average molecular weight is 383 g/mol. The van der Waals surface area contributed by atoms with Crippen molar-refractivity contribution in [3.8, 4) is 5.75 Å². The summed E-state index contributed by atoms with van der Waals surface area (Å²) in [6.07, 6.45) is 2.19. The second kappa shape index (κ2) is 7.07. The normalized spacial score (nSPS) is 13.2. The Labute approximate surface area is 160 Å². The predicted molar refractivity (Wildman–Crippen MR) is 103 cm³/mol. The van der Waals surface area contributed by atoms with Crippen LogP contribution in [0.15, 0.2) is 36.5 Å². The van der Waals surface area contributed by atoms with Gasteiger partial charge in [0.05, 0.1) is 5.56 Å². The van der Waals surface area contributed by atoms with Crippen molar-refractivity contribution in [2.45, 2.75) is 13.0 Å². The number of pyridine rings is 1. The number of carbonyl (C=O) groups is 1. The summed E-state index contributed by atoms with van der Waals surface area (Å²) in [4.78, 5) is 18.3. The highest BCUT2D eigenvalue weighted by atomic mass is 19.1. The second-order valence-electron chi connectivity index (χ2n) is 6.79. The van der Waals surface area contributed by atoms with E-state index in [1.807, 2.05) is 6.07 Å². The van der Waals surface area contributed by atoms with E-state index in [1.54, 1.807) is 25.4 Å². The lowest BCUT2D eigenvalue weighted by Crippen LogP contribution is -2.26. The molecule has 0 unspecified atom stereocenters. The van der Waals surface area contributed by atoms with Gasteiger partial charge in [-0.25, -0.2) is 8.78 Å². The van der Waals surface area contributed by atoms with Crippen LogP contribution in [0.1, 0.15) is 27.0 Å². The first-order valence-corrected chi connectivity index (χ1v) is 8.97. The summed E-state index contributed by atoms with van der Waals surface area (Å²) in [7, 11) is 1.74. The van der Waals surface area contributed by atoms with Gasteiger partial charge >= 0.3 is 0 Å². The van der Waals surface area contributed by atoms with Crippen LogP contribution < -0.4 is 5.32 Å². The Bertz CT molecular complexity index is 1070. The quantitative estimate of drug-likeness (QED) is 0.661. The maximum Gasteiger partial charge on any atom is 0.258 e. The largest absolute Gasteiger partial charge is 0.505 e. The number of nitrogens with zero attached hydrogens (tertiary/aromatic N) is 2. The highest BCUT2D eigenvalue weighted by Gasteiger charge is 2.34. The lowest BCUT2D eigenvalue weighted by molar-refractivity contribution is 0.0766. The molecule has 2 aromatic carbocycles. The minimum Gasteiger partial charge on any atom is -0.505 e. The first-order valence-electron chi connectivity index (χ1n) is 8.97. The summed E-state index contributed by atoms with van der Waals surface area (Å²) in [5.41, 5.74) is 3.67. The summed E-state index contributed by atoms with van der Waals surface area (Å²) in [5, 5.41) is 14.5. The molecule has 1 aliphatic heterocycles. The van der Waals surface area contributed by atoms with Gasteiger partial charge in [-0.05, 0) is 35.7 Å². The van der Waals surface area contributed by atoms with Gasteiger partial charge < -0.3 is 15.3 Å². The van der Waals surface area contributed by atoms with Gasteiger partial charge in [-0.1, -0.05) is 12.1 Å². The van der Waals surface area contributed by atoms with Gasteiger partial charge in [0.1, 0.15) is 18.0 Å². The molecule has 1 aliphatic rings. The van der Waals surface area contributed by atoms with Gasteiger partial charge in [0.25, 0.3) is 5.91 Å². The third-order valence-electron chi connectivity index (χ3n) is 5.05. The molecule has 5 nitrogen and oxygen atoms in total. The Balaban J connectivity index is 1.82. The van der Waals surface area contributed by atoms with Crippen LogP contribution in [-0.4, -0.2) is 41.2 Å². The topological polar surface area (TPSA) is 65.5 Å². The summed E-state index contributed by atoms with van der Waals surface area (Å²) in [6.45, 7) is -0.426. The summed E-state index contributed by atoms with van der Waals surface area (Å²) >= 11 is 0. The van der Waals surface area contributed by atoms with E-state index < -0.39 is 6.67 Å². The number of aromatic hydroxyl groups is 1. The number of amides is 1. The number of hydrogen-bond acceptors (Lipinski definition) is 4. The van der Waals surface area contributed by atoms with Crippen molar-refractivity contribution in [3.63, 3.8) is 0 Å². The van der Waals surface area contributed by atoms with Crippen molar-refractivity contribution in [2.24, 2.45) is 0 Å². The first-order chi connectivity index (χ1) is 13.5. The number of anilines is 1. The molecule has 0 aliphatic carbocycles. The van der Waals surface area contributed by atoms with E-state index >= 15 is 0 Å². The maximum absolute atomic E-state index is 13.1. The Morgan fingerprint density at radius 3 is 2.68 bits per heavy atom. The van der Waals surface area contributed by atoms with E-state index in [2.05, 4.69) is 10.3 Å². The van der Waals surface area contributed by atoms with Crippen LogP contribution in [0.3, 0.4) is 0 Å². The summed E-state index contributed by atoms with van der Waals surface area (Å²) in [5.74, 6) is -0.856. The number of fused-ring (bicyclic) bond motifs is 2. The fourth-order valence-electron chi connectivity index (χ4n) is 3.75. The van der Waals surface area contributed by atoms with Crippen LogP contribution in [-0.2, 0) is 13.0 Å². The minimum atomic E-state index is -0.644. The van der Waals surface area contributed by atoms with Gasteiger partial charge in [0, 0.05) is 43.0 Å². The molecule has 0 saturated heterocycles. The van der Waals surface area contributed by atoms with E-state index in [0.29, 0.717) is 28.6 Å². The van der Waals surface area contributed by atoms with E-state index in [1.165, 1.54) is 17.0 Å². The molecular weight excluding hydrogens is 364 g/mol. The zero-order chi connectivity index (χ0) is 19.8. The number of hydrogen-bond donors (Lipinski definition) is 2. The number of phenols is 1. The zero-order valence-electron chi connectivity index (χ0n) is 15.3. The molecule has 0 bridgehead atoms. The Kier molecular flexibility index (Phi) is 4.58. The smallest absolute Gasteiger partial charge is 0.258 e. The average Bonchev–Trinajstić information content (AvgIpc) is 3.01. The molecule has 1 aromatic heterocycles. The van der Waals surface area contributed by atoms with Gasteiger partial charge in [0.2, 0.25) is 0 Å². The van der Waals surface area contributed by atoms with Gasteiger partial charge in [-0.2, -0.15) is 0 Å². The van der Waals surface area contributed by atoms with Crippen molar-refractivity contribution in [3.05, 3.63) is 64.6 Å². The molecule has 2 N–H and O–H groups in total. The third kappa shape index (κ3) is 2.93. The Morgan fingerprint density at radius 1 is 1.25 bits per heavy atom. The highest BCUT2D eigenvalue weighted by Crippen LogP contribution is 2.42. The molecule has 1 amide bonds. The minimum absolute atomic E-state index is 0.0182. The van der Waals surface area contributed by atoms with Crippen molar-refractivity contribution in [1.29, 1.82) is 0 Å². The van der Waals surface area contributed by atoms with E-state index in [0.717, 1.165) is 11.1 Å². The van der Waals surface area contributed by atoms with Crippen LogP contribution in [0.25, 0.3) is 10.9 Å². The lowest BCUT2D eigenvalue weighted by Gasteiger charge is -2.14. The molecule has 4 rings (SSSR count). The van der Waals surface area contributed by atoms with Crippen molar-refractivity contribution >= 4 is 22.5 Å². The van der Waals surface area contributed by atoms with Crippen LogP contribution in [0, 0.1) is 5.82 Å². The third-order valence-corrected chi connectivity index (χ3v) is 5.05. The molecule has 144 valence electrons. The number of alkyl halides is 1. The zero-order valence-corrected chi connectivity index (χ0v) is 15.3. The molecule has 0 saturated carbocycles. The fourth-order valence-corrected chi connectivity index (χ4v) is 3.75. The molecule has 0 spiro atoms. The lowest BCUT2D eigenvalue weighted by atomic mass is 9.98. The van der Waals surface area contributed by atoms with Crippen molar-refractivity contribution in [1.82, 2.24) is 9.88 Å². The monoisotopic (exact) mass is 383 g/mol. The maximum atomic E-state index is 13.1. The van der Waals surface area contributed by atoms with Gasteiger partial charge in [-0.3, -0.25) is 9.78 Å². The van der Waals surface area contributed by atoms with Crippen molar-refractivity contribution < 1.29 is 18.7 Å². The van der Waals surface area contributed by atoms with Crippen LogP contribution in [0.4, 0.5) is 14.5 Å². The number of nitrogens with one attached hydrogen (secondary N) is 1. The van der Waals surface area contributed by atoms with Gasteiger partial charge in [-0.15, -0.1) is 0 Å². The summed E-state index contributed by atoms with van der Waals surface area (Å²) in [6, 6.07) is 8.15. The molecule has 0 fully saturated rings. The van der Waals surface area contributed by atoms with Gasteiger partial charge in [0.15, 0.2) is 5.75 Å². The van der Waals surface area contributed by atoms with Crippen LogP contribution in [0.2, 0.25) is 0 Å². The standard InChI is InChI=1S/C21H19F2N3O2/c1-24-18-15-9-13(8-12-2-4-14(23)5-3-12)10-25-19(15)20(27)17-16(18)11-26(7-6-22)21(17)28/h2-5,9-10,24,27H,6-8,11H2,1H3. The predicted octanol–water partition coefficient (Wildman–Crippen LogP) is 3.64. The van der Waals surface area contributed by atoms with Crippen LogP contribution in [0.5, 0.6) is 5.75 Å². The molecule has 7 heteroatoms. The van der Waals surface area contributed by atoms with Crippen LogP contribution >= 0.6 is 0 Å². The summed E-state index contributed by atoms with van der Waals surface area (Å²) < 4.78 is 25.9. The SMILES string of the molecule is CNc1c2c(c(O)c3ncc(Cc4ccc(F)cc4)cc13)C(=O)N(CCF)C2. The molecule has 28 heavy (non-hydrogen) atoms. The number of benzene rings is 2. The fraction of sp³-hybridized carbons (Fsp3) is 0.238. The Hall–Kier alpha value is -3.22. The first kappa shape index (κ1) is 18.2. The van der Waals surface area contributed by atoms with Crippen molar-refractivity contribution in [2.75, 3.05) is 25.6 Å². The number of rotatable bonds is 5. The number of phenolic OH excluding ortho intramolecular Hbond substituents is 1. The molecule has 3 aromatic rings. The molecule has 2 heterocycles. The molecular formula is C21H19F2N3O2. The van der Waals surface area contributed by atoms with E-state index in [4.69, 9.17) is 0 Å². The van der Waals surface area contributed by atoms with E-state index in [9.17, 15) is 18.7 Å². The number of aromatic nitrogens is 1. The molecule has 0 atom stereocenters. The second-order valence-corrected chi connectivity index (χ2v) is 6.79. The number of carbonyl (C=O) groups excluding carboxylic acids is 1. The highest BCUT2D eigenvalue weighted by molar-refractivity contribution is 6.11. The molecule has 0 radical (unpaired) electrons.